The molecule has 0 saturated carbocycles. The molecule has 0 radical (unpaired) electrons. The molecule has 22 heteroatoms. The van der Waals surface area contributed by atoms with Gasteiger partial charge in [-0.1, -0.05) is 48.5 Å². The molecule has 0 saturated heterocycles. The summed E-state index contributed by atoms with van der Waals surface area (Å²) in [5, 5.41) is 49.6. The van der Waals surface area contributed by atoms with E-state index in [-0.39, 0.29) is 26.4 Å². The number of nitrogens with zero attached hydrogens (tertiary/aromatic N) is 7. The van der Waals surface area contributed by atoms with Gasteiger partial charge in [-0.2, -0.15) is 0 Å². The maximum atomic E-state index is 12.3. The highest BCUT2D eigenvalue weighted by Gasteiger charge is 2.13. The van der Waals surface area contributed by atoms with E-state index >= 15 is 0 Å². The third kappa shape index (κ3) is 20.1. The van der Waals surface area contributed by atoms with E-state index in [0.717, 1.165) is 112 Å². The van der Waals surface area contributed by atoms with Crippen LogP contribution in [0.3, 0.4) is 0 Å². The van der Waals surface area contributed by atoms with E-state index in [1.807, 2.05) is 181 Å². The van der Waals surface area contributed by atoms with Crippen molar-refractivity contribution in [1.29, 1.82) is 0 Å². The first kappa shape index (κ1) is 70.5. The van der Waals surface area contributed by atoms with Gasteiger partial charge in [-0.05, 0) is 146 Å². The maximum Gasteiger partial charge on any atom is 0.125 e. The number of halogens is 4. The number of hydrogen-bond donors (Lipinski definition) is 7. The van der Waals surface area contributed by atoms with Crippen molar-refractivity contribution in [2.45, 2.75) is 24.4 Å². The second kappa shape index (κ2) is 35.1. The molecule has 0 spiro atoms. The Morgan fingerprint density at radius 1 is 0.351 bits per heavy atom. The maximum absolute atomic E-state index is 12.3. The highest BCUT2D eigenvalue weighted by Crippen LogP contribution is 2.30. The summed E-state index contributed by atoms with van der Waals surface area (Å²) in [6, 6.07) is 61.3. The average Bonchev–Trinajstić information content (AvgIpc) is 0.964. The van der Waals surface area contributed by atoms with Crippen LogP contribution >= 0.6 is 0 Å². The van der Waals surface area contributed by atoms with E-state index in [9.17, 15) is 38.0 Å². The van der Waals surface area contributed by atoms with E-state index < -0.39 is 51.1 Å². The van der Waals surface area contributed by atoms with Crippen LogP contribution in [-0.4, -0.2) is 163 Å². The number of rotatable bonds is 24. The first-order valence-electron chi connectivity index (χ1n) is 31.1. The van der Waals surface area contributed by atoms with Gasteiger partial charge in [0.25, 0.3) is 0 Å². The van der Waals surface area contributed by atoms with Gasteiger partial charge in [-0.25, -0.2) is 42.5 Å². The molecule has 12 aromatic rings. The zero-order valence-electron chi connectivity index (χ0n) is 54.2. The van der Waals surface area contributed by atoms with Gasteiger partial charge in [-0.15, -0.1) is 0 Å². The SMILES string of the molecule is CN(C)c1ccc(-c2ccc3cc(OC[C@H](O)C[18F])ccc3n2)cc1.CNc1ccc(-c2ccc3cc(OC[C@H](O)C[18F])ccc3n2)cc1.CNc1ccc(-c2ccc3cc(OC[C@H](O)C[18F])ccc3n2)cn1.CNc1ccc(-c2ccc3cc(OC[C@H](O)C[18F])ccc3n2)nc1. The molecule has 7 N–H and O–H groups in total. The zero-order chi connectivity index (χ0) is 68.6. The number of aromatic nitrogens is 6. The molecule has 0 fully saturated rings. The quantitative estimate of drug-likeness (QED) is 0.0279. The monoisotopic (exact) mass is 1320 g/mol. The topological polar surface area (TPSA) is 235 Å². The molecule has 0 aliphatic rings. The van der Waals surface area contributed by atoms with Gasteiger partial charge < -0.3 is 60.2 Å². The predicted molar refractivity (Wildman–Crippen MR) is 377 cm³/mol. The van der Waals surface area contributed by atoms with Crippen molar-refractivity contribution in [3.8, 4) is 68.2 Å². The van der Waals surface area contributed by atoms with Gasteiger partial charge in [0.05, 0.1) is 62.4 Å². The van der Waals surface area contributed by atoms with Crippen LogP contribution in [-0.2, 0) is 0 Å². The Hall–Kier alpha value is -10.8. The molecule has 6 aromatic carbocycles. The Balaban J connectivity index is 0.000000152. The molecule has 0 unspecified atom stereocenters. The number of pyridine rings is 6. The minimum atomic E-state index is -1.10. The fourth-order valence-electron chi connectivity index (χ4n) is 9.47. The van der Waals surface area contributed by atoms with E-state index in [1.165, 1.54) is 0 Å². The van der Waals surface area contributed by atoms with Crippen molar-refractivity contribution in [3.63, 3.8) is 0 Å². The lowest BCUT2D eigenvalue weighted by Gasteiger charge is -2.13. The highest BCUT2D eigenvalue weighted by molar-refractivity contribution is 5.86. The van der Waals surface area contributed by atoms with E-state index in [4.69, 9.17) is 23.9 Å². The Labute approximate surface area is 559 Å². The van der Waals surface area contributed by atoms with E-state index in [2.05, 4.69) is 70.0 Å². The fraction of sp³-hybridized carbons (Fsp3) is 0.227. The molecule has 0 aliphatic carbocycles. The lowest BCUT2D eigenvalue weighted by Crippen LogP contribution is -2.19. The van der Waals surface area contributed by atoms with Gasteiger partial charge in [-0.3, -0.25) is 4.98 Å². The molecule has 6 aromatic heterocycles. The molecular formula is C75H76F4N10O8. The Morgan fingerprint density at radius 2 is 0.691 bits per heavy atom. The molecule has 0 aliphatic heterocycles. The predicted octanol–water partition coefficient (Wildman–Crippen LogP) is 13.4. The van der Waals surface area contributed by atoms with Gasteiger partial charge >= 0.3 is 0 Å². The summed E-state index contributed by atoms with van der Waals surface area (Å²) >= 11 is 0. The number of nitrogens with one attached hydrogen (secondary N) is 3. The van der Waals surface area contributed by atoms with Crippen LogP contribution in [0.4, 0.5) is 40.4 Å². The second-order valence-corrected chi connectivity index (χ2v) is 22.3. The number of aliphatic hydroxyl groups is 4. The van der Waals surface area contributed by atoms with Crippen LogP contribution in [0.1, 0.15) is 0 Å². The van der Waals surface area contributed by atoms with Gasteiger partial charge in [0.2, 0.25) is 0 Å². The number of fused-ring (bicyclic) bond motifs is 4. The van der Waals surface area contributed by atoms with E-state index in [0.29, 0.717) is 23.0 Å². The van der Waals surface area contributed by atoms with Crippen molar-refractivity contribution in [3.05, 3.63) is 207 Å². The Morgan fingerprint density at radius 3 is 1.02 bits per heavy atom. The summed E-state index contributed by atoms with van der Waals surface area (Å²) in [5.74, 6) is 3.12. The number of benzene rings is 6. The van der Waals surface area contributed by atoms with Crippen LogP contribution < -0.4 is 39.8 Å². The van der Waals surface area contributed by atoms with Gasteiger partial charge in [0.1, 0.15) is 106 Å². The second-order valence-electron chi connectivity index (χ2n) is 22.3. The third-order valence-corrected chi connectivity index (χ3v) is 14.9. The lowest BCUT2D eigenvalue weighted by atomic mass is 10.1. The van der Waals surface area contributed by atoms with Crippen LogP contribution in [0.15, 0.2) is 207 Å². The normalized spacial score (nSPS) is 12.1. The molecule has 97 heavy (non-hydrogen) atoms. The van der Waals surface area contributed by atoms with E-state index in [1.54, 1.807) is 36.7 Å². The summed E-state index contributed by atoms with van der Waals surface area (Å²) < 4.78 is 70.5. The van der Waals surface area contributed by atoms with Crippen molar-refractivity contribution in [2.24, 2.45) is 0 Å². The molecule has 0 amide bonds. The molecule has 4 atom stereocenters. The van der Waals surface area contributed by atoms with Crippen molar-refractivity contribution < 1.29 is 56.9 Å². The number of aliphatic hydroxyl groups excluding tert-OH is 4. The van der Waals surface area contributed by atoms with Crippen molar-refractivity contribution in [1.82, 2.24) is 29.9 Å². The van der Waals surface area contributed by atoms with Gasteiger partial charge in [0.15, 0.2) is 0 Å². The van der Waals surface area contributed by atoms with Crippen molar-refractivity contribution >= 4 is 66.5 Å². The zero-order valence-corrected chi connectivity index (χ0v) is 54.2. The van der Waals surface area contributed by atoms with Crippen LogP contribution in [0.25, 0.3) is 88.8 Å². The first-order chi connectivity index (χ1) is 47.1. The number of ether oxygens (including phenoxy) is 4. The lowest BCUT2D eigenvalue weighted by molar-refractivity contribution is 0.0842. The Kier molecular flexibility index (Phi) is 25.5. The van der Waals surface area contributed by atoms with Gasteiger partial charge in [0, 0.05) is 91.0 Å². The average molecular weight is 1320 g/mol. The summed E-state index contributed by atoms with van der Waals surface area (Å²) in [5.41, 5.74) is 13.7. The molecule has 502 valence electrons. The number of hydrogen-bond acceptors (Lipinski definition) is 18. The molecular weight excluding hydrogens is 1240 g/mol. The highest BCUT2D eigenvalue weighted by atomic mass is 18.2. The summed E-state index contributed by atoms with van der Waals surface area (Å²) in [6.45, 7) is -3.55. The fourth-order valence-corrected chi connectivity index (χ4v) is 9.47. The number of anilines is 4. The molecule has 18 nitrogen and oxygen atoms in total. The standard InChI is InChI=1S/C20H21FN2O2.C19H19FN2O2.2C18H18FN3O2/c1-23(2)16-6-3-14(4-7-16)19-9-5-15-11-18(8-10-20(15)22-19)25-13-17(24)12-21;1-21-15-5-2-13(3-6-15)18-8-4-14-10-17(7-9-19(14)22-18)24-12-16(23)11-20;1-20-18-7-3-13(10-21-18)17-5-2-12-8-15(4-6-16(12)22-17)24-11-14(23)9-19;1-20-13-3-6-17(21-10-13)18-5-2-12-8-15(4-7-16(12)22-18)24-11-14(23)9-19/h3-11,17,24H,12-13H2,1-2H3;2-10,16,21,23H,11-12H2,1H3;2-8,10,14,23H,9,11H2,1H3,(H,20,21);2-8,10,14,20,23H,9,11H2,1H3/t17-;16-;2*14-/m1111/s1/i21-1;20-1;2*19-1. The first-order valence-corrected chi connectivity index (χ1v) is 31.1. The van der Waals surface area contributed by atoms with Crippen LogP contribution in [0, 0.1) is 0 Å². The van der Waals surface area contributed by atoms with Crippen molar-refractivity contribution in [2.75, 3.05) is 109 Å². The minimum absolute atomic E-state index is 0.0637. The molecule has 12 rings (SSSR count). The number of alkyl halides is 4. The summed E-state index contributed by atoms with van der Waals surface area (Å²) in [4.78, 5) is 29.3. The largest absolute Gasteiger partial charge is 0.491 e. The Bertz CT molecular complexity index is 4120. The summed E-state index contributed by atoms with van der Waals surface area (Å²) in [7, 11) is 9.57. The summed E-state index contributed by atoms with van der Waals surface area (Å²) in [6.07, 6.45) is -0.866. The molecule has 6 heterocycles. The van der Waals surface area contributed by atoms with Crippen LogP contribution in [0.5, 0.6) is 23.0 Å². The minimum Gasteiger partial charge on any atom is -0.491 e. The third-order valence-electron chi connectivity index (χ3n) is 14.9. The molecule has 0 bridgehead atoms. The smallest absolute Gasteiger partial charge is 0.125 e. The van der Waals surface area contributed by atoms with Crippen LogP contribution in [0.2, 0.25) is 0 Å².